The zero-order valence-electron chi connectivity index (χ0n) is 13.5. The van der Waals surface area contributed by atoms with Crippen molar-refractivity contribution in [2.45, 2.75) is 25.7 Å². The maximum atomic E-state index is 13.3. The molecule has 136 valence electrons. The topological polar surface area (TPSA) is 64.8 Å². The van der Waals surface area contributed by atoms with Gasteiger partial charge in [0.15, 0.2) is 0 Å². The number of H-pyrrole nitrogens is 2. The highest BCUT2D eigenvalue weighted by molar-refractivity contribution is 5.83. The molecule has 3 aromatic rings. The van der Waals surface area contributed by atoms with Crippen molar-refractivity contribution in [1.82, 2.24) is 19.9 Å². The predicted molar refractivity (Wildman–Crippen MR) is 85.9 cm³/mol. The fraction of sp³-hybridized carbons (Fsp3) is 0.294. The Hall–Kier alpha value is -2.68. The average molecular weight is 366 g/mol. The molecular weight excluding hydrogens is 352 g/mol. The lowest BCUT2D eigenvalue weighted by Crippen LogP contribution is -2.36. The summed E-state index contributed by atoms with van der Waals surface area (Å²) in [4.78, 5) is 22.4. The Labute approximate surface area is 144 Å². The maximum absolute atomic E-state index is 13.3. The minimum atomic E-state index is -4.68. The lowest BCUT2D eigenvalue weighted by Gasteiger charge is -2.27. The molecular formula is C17H14F4N4O. The van der Waals surface area contributed by atoms with Crippen LogP contribution in [-0.4, -0.2) is 26.4 Å². The molecule has 2 aromatic heterocycles. The van der Waals surface area contributed by atoms with Gasteiger partial charge >= 0.3 is 6.18 Å². The molecule has 0 spiro atoms. The summed E-state index contributed by atoms with van der Waals surface area (Å²) in [6.45, 7) is 1.18. The van der Waals surface area contributed by atoms with E-state index in [-0.39, 0.29) is 30.0 Å². The second kappa shape index (κ2) is 5.94. The molecule has 0 fully saturated rings. The van der Waals surface area contributed by atoms with E-state index in [1.54, 1.807) is 12.3 Å². The van der Waals surface area contributed by atoms with Crippen LogP contribution >= 0.6 is 0 Å². The molecule has 3 heterocycles. The van der Waals surface area contributed by atoms with E-state index in [0.717, 1.165) is 10.9 Å². The Morgan fingerprint density at radius 2 is 2.08 bits per heavy atom. The van der Waals surface area contributed by atoms with Gasteiger partial charge in [0.1, 0.15) is 5.82 Å². The predicted octanol–water partition coefficient (Wildman–Crippen LogP) is 2.97. The minimum absolute atomic E-state index is 0.193. The number of rotatable bonds is 2. The van der Waals surface area contributed by atoms with E-state index >= 15 is 0 Å². The van der Waals surface area contributed by atoms with Gasteiger partial charge in [-0.3, -0.25) is 9.69 Å². The summed E-state index contributed by atoms with van der Waals surface area (Å²) in [5.74, 6) is -1.59. The van der Waals surface area contributed by atoms with Crippen LogP contribution in [0.25, 0.3) is 10.9 Å². The Morgan fingerprint density at radius 1 is 1.27 bits per heavy atom. The normalized spacial score (nSPS) is 15.4. The molecule has 1 aliphatic rings. The Kier molecular flexibility index (Phi) is 3.83. The summed E-state index contributed by atoms with van der Waals surface area (Å²) in [6, 6.07) is 4.45. The molecule has 4 rings (SSSR count). The van der Waals surface area contributed by atoms with Crippen molar-refractivity contribution < 1.29 is 17.6 Å². The van der Waals surface area contributed by atoms with E-state index in [9.17, 15) is 22.4 Å². The van der Waals surface area contributed by atoms with Crippen LogP contribution in [0.2, 0.25) is 0 Å². The molecule has 1 aliphatic heterocycles. The highest BCUT2D eigenvalue weighted by Gasteiger charge is 2.36. The van der Waals surface area contributed by atoms with Crippen LogP contribution in [0.15, 0.2) is 29.2 Å². The molecule has 9 heteroatoms. The Bertz CT molecular complexity index is 1040. The third-order valence-electron chi connectivity index (χ3n) is 4.54. The van der Waals surface area contributed by atoms with Crippen LogP contribution in [0, 0.1) is 5.82 Å². The van der Waals surface area contributed by atoms with Gasteiger partial charge in [-0.2, -0.15) is 13.2 Å². The number of halogens is 4. The first-order chi connectivity index (χ1) is 12.3. The van der Waals surface area contributed by atoms with Crippen molar-refractivity contribution in [2.24, 2.45) is 0 Å². The minimum Gasteiger partial charge on any atom is -0.361 e. The smallest absolute Gasteiger partial charge is 0.361 e. The molecule has 1 aromatic carbocycles. The van der Waals surface area contributed by atoms with Crippen molar-refractivity contribution in [3.63, 3.8) is 0 Å². The SMILES string of the molecule is O=c1[nH]c(C(F)(F)F)nc2c1CN(Cc1c[nH]c3cc(F)ccc13)CC2. The van der Waals surface area contributed by atoms with Crippen LogP contribution < -0.4 is 5.56 Å². The Morgan fingerprint density at radius 3 is 2.85 bits per heavy atom. The first kappa shape index (κ1) is 16.8. The molecule has 0 aliphatic carbocycles. The number of fused-ring (bicyclic) bond motifs is 2. The van der Waals surface area contributed by atoms with E-state index in [0.29, 0.717) is 18.6 Å². The number of aromatic nitrogens is 3. The van der Waals surface area contributed by atoms with Crippen LogP contribution in [0.5, 0.6) is 0 Å². The molecule has 26 heavy (non-hydrogen) atoms. The number of hydrogen-bond donors (Lipinski definition) is 2. The number of nitrogens with one attached hydrogen (secondary N) is 2. The molecule has 0 saturated carbocycles. The number of alkyl halides is 3. The first-order valence-electron chi connectivity index (χ1n) is 7.98. The Balaban J connectivity index is 1.59. The molecule has 0 radical (unpaired) electrons. The van der Waals surface area contributed by atoms with E-state index in [4.69, 9.17) is 0 Å². The van der Waals surface area contributed by atoms with Crippen LogP contribution in [0.3, 0.4) is 0 Å². The largest absolute Gasteiger partial charge is 0.449 e. The van der Waals surface area contributed by atoms with Gasteiger partial charge in [-0.15, -0.1) is 0 Å². The standard InChI is InChI=1S/C17H14F4N4O/c18-10-1-2-11-9(6-22-14(11)5-10)7-25-4-3-13-12(8-25)15(26)24-16(23-13)17(19,20)21/h1-2,5-6,22H,3-4,7-8H2,(H,23,24,26). The van der Waals surface area contributed by atoms with Crippen LogP contribution in [0.1, 0.15) is 22.6 Å². The lowest BCUT2D eigenvalue weighted by atomic mass is 10.1. The number of aromatic amines is 2. The van der Waals surface area contributed by atoms with Gasteiger partial charge < -0.3 is 9.97 Å². The fourth-order valence-corrected chi connectivity index (χ4v) is 3.28. The first-order valence-corrected chi connectivity index (χ1v) is 7.98. The van der Waals surface area contributed by atoms with Gasteiger partial charge in [0.2, 0.25) is 5.82 Å². The van der Waals surface area contributed by atoms with Gasteiger partial charge in [-0.05, 0) is 23.8 Å². The summed E-state index contributed by atoms with van der Waals surface area (Å²) >= 11 is 0. The van der Waals surface area contributed by atoms with E-state index in [2.05, 4.69) is 9.97 Å². The molecule has 0 amide bonds. The van der Waals surface area contributed by atoms with Crippen LogP contribution in [-0.2, 0) is 25.7 Å². The third-order valence-corrected chi connectivity index (χ3v) is 4.54. The van der Waals surface area contributed by atoms with Gasteiger partial charge in [0.25, 0.3) is 5.56 Å². The fourth-order valence-electron chi connectivity index (χ4n) is 3.28. The second-order valence-electron chi connectivity index (χ2n) is 6.30. The monoisotopic (exact) mass is 366 g/mol. The van der Waals surface area contributed by atoms with Gasteiger partial charge in [-0.25, -0.2) is 9.37 Å². The summed E-state index contributed by atoms with van der Waals surface area (Å²) in [5.41, 5.74) is 1.30. The van der Waals surface area contributed by atoms with Crippen molar-refractivity contribution in [3.8, 4) is 0 Å². The summed E-state index contributed by atoms with van der Waals surface area (Å²) in [6.07, 6.45) is -2.64. The molecule has 0 atom stereocenters. The van der Waals surface area contributed by atoms with E-state index in [1.165, 1.54) is 12.1 Å². The average Bonchev–Trinajstić information content (AvgIpc) is 2.96. The highest BCUT2D eigenvalue weighted by atomic mass is 19.4. The summed E-state index contributed by atoms with van der Waals surface area (Å²) in [5, 5.41) is 0.872. The lowest BCUT2D eigenvalue weighted by molar-refractivity contribution is -0.145. The quantitative estimate of drug-likeness (QED) is 0.686. The van der Waals surface area contributed by atoms with Crippen molar-refractivity contribution in [2.75, 3.05) is 6.54 Å². The van der Waals surface area contributed by atoms with Gasteiger partial charge in [0, 0.05) is 43.2 Å². The summed E-state index contributed by atoms with van der Waals surface area (Å²) < 4.78 is 51.6. The zero-order valence-corrected chi connectivity index (χ0v) is 13.5. The molecule has 0 saturated heterocycles. The maximum Gasteiger partial charge on any atom is 0.449 e. The van der Waals surface area contributed by atoms with E-state index in [1.807, 2.05) is 9.88 Å². The summed E-state index contributed by atoms with van der Waals surface area (Å²) in [7, 11) is 0. The number of nitrogens with zero attached hydrogens (tertiary/aromatic N) is 2. The molecule has 2 N–H and O–H groups in total. The third kappa shape index (κ3) is 2.98. The number of hydrogen-bond acceptors (Lipinski definition) is 3. The van der Waals surface area contributed by atoms with Crippen LogP contribution in [0.4, 0.5) is 17.6 Å². The van der Waals surface area contributed by atoms with Crippen molar-refractivity contribution >= 4 is 10.9 Å². The van der Waals surface area contributed by atoms with Gasteiger partial charge in [-0.1, -0.05) is 0 Å². The second-order valence-corrected chi connectivity index (χ2v) is 6.30. The van der Waals surface area contributed by atoms with Crippen molar-refractivity contribution in [3.05, 3.63) is 63.2 Å². The zero-order chi connectivity index (χ0) is 18.5. The molecule has 5 nitrogen and oxygen atoms in total. The van der Waals surface area contributed by atoms with Crippen molar-refractivity contribution in [1.29, 1.82) is 0 Å². The van der Waals surface area contributed by atoms with E-state index < -0.39 is 17.6 Å². The molecule has 0 bridgehead atoms. The van der Waals surface area contributed by atoms with Gasteiger partial charge in [0.05, 0.1) is 11.3 Å². The molecule has 0 unspecified atom stereocenters. The number of benzene rings is 1. The highest BCUT2D eigenvalue weighted by Crippen LogP contribution is 2.27.